The third-order valence-corrected chi connectivity index (χ3v) is 5.09. The smallest absolute Gasteiger partial charge is 0.331 e. The van der Waals surface area contributed by atoms with E-state index in [1.807, 2.05) is 30.3 Å². The van der Waals surface area contributed by atoms with Gasteiger partial charge in [-0.1, -0.05) is 66.7 Å². The van der Waals surface area contributed by atoms with Crippen LogP contribution in [0.5, 0.6) is 0 Å². The number of benzene rings is 3. The van der Waals surface area contributed by atoms with E-state index in [-0.39, 0.29) is 12.2 Å². The Labute approximate surface area is 174 Å². The first kappa shape index (κ1) is 19.6. The van der Waals surface area contributed by atoms with Gasteiger partial charge in [-0.25, -0.2) is 4.79 Å². The number of carbonyl (C=O) groups is 2. The van der Waals surface area contributed by atoms with Crippen LogP contribution in [0.3, 0.4) is 0 Å². The number of fused-ring (bicyclic) bond motifs is 1. The van der Waals surface area contributed by atoms with Crippen LogP contribution >= 0.6 is 0 Å². The molecule has 1 unspecified atom stereocenters. The first-order valence-electron chi connectivity index (χ1n) is 9.73. The highest BCUT2D eigenvalue weighted by molar-refractivity contribution is 6.19. The van der Waals surface area contributed by atoms with Gasteiger partial charge in [-0.2, -0.15) is 0 Å². The summed E-state index contributed by atoms with van der Waals surface area (Å²) in [6.45, 7) is 1.90. The second-order valence-electron chi connectivity index (χ2n) is 6.88. The normalized spacial score (nSPS) is 19.5. The van der Waals surface area contributed by atoms with Gasteiger partial charge < -0.3 is 9.84 Å². The molecule has 0 fully saturated rings. The third-order valence-electron chi connectivity index (χ3n) is 5.09. The Kier molecular flexibility index (Phi) is 5.21. The van der Waals surface area contributed by atoms with Crippen LogP contribution in [-0.2, 0) is 19.9 Å². The number of aliphatic hydroxyl groups is 1. The highest BCUT2D eigenvalue weighted by Crippen LogP contribution is 2.48. The second kappa shape index (κ2) is 7.97. The van der Waals surface area contributed by atoms with E-state index in [1.165, 1.54) is 11.0 Å². The van der Waals surface area contributed by atoms with E-state index in [0.29, 0.717) is 22.5 Å². The lowest BCUT2D eigenvalue weighted by Gasteiger charge is -2.41. The Hall–Kier alpha value is -3.70. The third kappa shape index (κ3) is 3.19. The van der Waals surface area contributed by atoms with Gasteiger partial charge in [0.2, 0.25) is 0 Å². The van der Waals surface area contributed by atoms with Crippen molar-refractivity contribution in [3.63, 3.8) is 0 Å². The van der Waals surface area contributed by atoms with Crippen LogP contribution in [-0.4, -0.2) is 23.6 Å². The Morgan fingerprint density at radius 2 is 1.57 bits per heavy atom. The molecule has 1 N–H and O–H groups in total. The fourth-order valence-electron chi connectivity index (χ4n) is 3.75. The van der Waals surface area contributed by atoms with Gasteiger partial charge in [0, 0.05) is 22.9 Å². The first-order valence-corrected chi connectivity index (χ1v) is 9.73. The highest BCUT2D eigenvalue weighted by atomic mass is 16.5. The van der Waals surface area contributed by atoms with Crippen molar-refractivity contribution in [1.29, 1.82) is 0 Å². The van der Waals surface area contributed by atoms with Crippen molar-refractivity contribution >= 4 is 28.8 Å². The zero-order valence-electron chi connectivity index (χ0n) is 16.5. The van der Waals surface area contributed by atoms with Crippen LogP contribution in [0.1, 0.15) is 18.1 Å². The molecule has 30 heavy (non-hydrogen) atoms. The van der Waals surface area contributed by atoms with Gasteiger partial charge >= 0.3 is 5.97 Å². The monoisotopic (exact) mass is 399 g/mol. The molecular weight excluding hydrogens is 378 g/mol. The molecule has 5 heteroatoms. The summed E-state index contributed by atoms with van der Waals surface area (Å²) < 4.78 is 5.08. The van der Waals surface area contributed by atoms with Crippen molar-refractivity contribution in [1.82, 2.24) is 0 Å². The highest BCUT2D eigenvalue weighted by Gasteiger charge is 2.50. The summed E-state index contributed by atoms with van der Waals surface area (Å²) in [6, 6.07) is 25.0. The van der Waals surface area contributed by atoms with Crippen molar-refractivity contribution < 1.29 is 19.4 Å². The molecule has 1 aliphatic heterocycles. The van der Waals surface area contributed by atoms with E-state index in [1.54, 1.807) is 61.5 Å². The molecule has 3 aromatic carbocycles. The molecule has 0 radical (unpaired) electrons. The zero-order chi connectivity index (χ0) is 21.1. The summed E-state index contributed by atoms with van der Waals surface area (Å²) >= 11 is 0. The van der Waals surface area contributed by atoms with Gasteiger partial charge in [-0.15, -0.1) is 0 Å². The molecule has 0 bridgehead atoms. The fraction of sp³-hybridized carbons (Fsp3) is 0.120. The molecule has 1 heterocycles. The maximum Gasteiger partial charge on any atom is 0.331 e. The predicted molar refractivity (Wildman–Crippen MR) is 115 cm³/mol. The van der Waals surface area contributed by atoms with Crippen LogP contribution < -0.4 is 4.90 Å². The molecule has 1 aliphatic rings. The number of anilines is 2. The summed E-state index contributed by atoms with van der Waals surface area (Å²) in [5.41, 5.74) is 0.309. The molecule has 150 valence electrons. The zero-order valence-corrected chi connectivity index (χ0v) is 16.5. The molecule has 0 aromatic heterocycles. The quantitative estimate of drug-likeness (QED) is 0.527. The molecule has 0 saturated carbocycles. The number of esters is 1. The molecule has 1 amide bonds. The molecule has 0 spiro atoms. The van der Waals surface area contributed by atoms with Crippen molar-refractivity contribution in [3.05, 3.63) is 102 Å². The molecule has 1 atom stereocenters. The fourth-order valence-corrected chi connectivity index (χ4v) is 3.75. The van der Waals surface area contributed by atoms with Gasteiger partial charge in [0.15, 0.2) is 5.60 Å². The lowest BCUT2D eigenvalue weighted by molar-refractivity contribution is -0.137. The van der Waals surface area contributed by atoms with Crippen LogP contribution in [0.15, 0.2) is 91.0 Å². The summed E-state index contributed by atoms with van der Waals surface area (Å²) in [6.07, 6.45) is 1.22. The van der Waals surface area contributed by atoms with Gasteiger partial charge in [0.25, 0.3) is 5.91 Å². The van der Waals surface area contributed by atoms with Gasteiger partial charge in [0.05, 0.1) is 12.3 Å². The number of amides is 1. The number of ether oxygens (including phenoxy) is 1. The van der Waals surface area contributed by atoms with Crippen molar-refractivity contribution in [2.75, 3.05) is 11.5 Å². The summed E-state index contributed by atoms with van der Waals surface area (Å²) in [5.74, 6) is -1.17. The van der Waals surface area contributed by atoms with E-state index >= 15 is 0 Å². The van der Waals surface area contributed by atoms with E-state index < -0.39 is 17.5 Å². The number of rotatable bonds is 4. The number of nitrogens with zero attached hydrogens (tertiary/aromatic N) is 1. The average molecular weight is 399 g/mol. The van der Waals surface area contributed by atoms with E-state index in [2.05, 4.69) is 0 Å². The van der Waals surface area contributed by atoms with Gasteiger partial charge in [-0.3, -0.25) is 9.69 Å². The van der Waals surface area contributed by atoms with E-state index in [4.69, 9.17) is 4.74 Å². The van der Waals surface area contributed by atoms with Crippen LogP contribution in [0.4, 0.5) is 11.4 Å². The minimum absolute atomic E-state index is 0.193. The Bertz CT molecular complexity index is 1110. The maximum atomic E-state index is 13.8. The summed E-state index contributed by atoms with van der Waals surface area (Å²) in [7, 11) is 0. The number of para-hydroxylation sites is 2. The lowest BCUT2D eigenvalue weighted by atomic mass is 9.77. The number of carbonyl (C=O) groups excluding carboxylic acids is 2. The SMILES string of the molecule is CCOC(=O)/C=C1\c2ccccc2N(c2ccccc2)C(=O)C1(O)c1ccccc1. The van der Waals surface area contributed by atoms with E-state index in [0.717, 1.165) is 0 Å². The molecule has 0 saturated heterocycles. The summed E-state index contributed by atoms with van der Waals surface area (Å²) in [5, 5.41) is 11.9. The first-order chi connectivity index (χ1) is 14.6. The Morgan fingerprint density at radius 3 is 2.23 bits per heavy atom. The Morgan fingerprint density at radius 1 is 0.967 bits per heavy atom. The molecule has 3 aromatic rings. The average Bonchev–Trinajstić information content (AvgIpc) is 2.78. The Balaban J connectivity index is 2.02. The molecular formula is C25H21NO4. The molecule has 5 nitrogen and oxygen atoms in total. The second-order valence-corrected chi connectivity index (χ2v) is 6.88. The summed E-state index contributed by atoms with van der Waals surface area (Å²) in [4.78, 5) is 27.7. The van der Waals surface area contributed by atoms with Gasteiger partial charge in [-0.05, 0) is 30.7 Å². The van der Waals surface area contributed by atoms with Crippen molar-refractivity contribution in [2.45, 2.75) is 12.5 Å². The number of hydrogen-bond acceptors (Lipinski definition) is 4. The van der Waals surface area contributed by atoms with Crippen LogP contribution in [0, 0.1) is 0 Å². The minimum atomic E-state index is -2.06. The minimum Gasteiger partial charge on any atom is -0.463 e. The van der Waals surface area contributed by atoms with E-state index in [9.17, 15) is 14.7 Å². The number of hydrogen-bond donors (Lipinski definition) is 1. The predicted octanol–water partition coefficient (Wildman–Crippen LogP) is 4.20. The molecule has 4 rings (SSSR count). The van der Waals surface area contributed by atoms with Crippen LogP contribution in [0.25, 0.3) is 5.57 Å². The lowest BCUT2D eigenvalue weighted by Crippen LogP contribution is -2.49. The van der Waals surface area contributed by atoms with Crippen molar-refractivity contribution in [3.8, 4) is 0 Å². The van der Waals surface area contributed by atoms with Crippen molar-refractivity contribution in [2.24, 2.45) is 0 Å². The van der Waals surface area contributed by atoms with Gasteiger partial charge in [0.1, 0.15) is 0 Å². The topological polar surface area (TPSA) is 66.8 Å². The maximum absolute atomic E-state index is 13.8. The largest absolute Gasteiger partial charge is 0.463 e. The molecule has 0 aliphatic carbocycles. The standard InChI is InChI=1S/C25H21NO4/c1-2-30-23(27)17-21-20-15-9-10-16-22(20)26(19-13-7-4-8-14-19)24(28)25(21,29)18-11-5-3-6-12-18/h3-17,29H,2H2,1H3/b21-17+. The van der Waals surface area contributed by atoms with Crippen LogP contribution in [0.2, 0.25) is 0 Å².